The highest BCUT2D eigenvalue weighted by atomic mass is 32.2. The number of nitrogens with one attached hydrogen (secondary N) is 1. The van der Waals surface area contributed by atoms with Gasteiger partial charge in [0.25, 0.3) is 0 Å². The fourth-order valence-corrected chi connectivity index (χ4v) is 8.65. The Bertz CT molecular complexity index is 1160. The van der Waals surface area contributed by atoms with Crippen molar-refractivity contribution in [3.63, 3.8) is 0 Å². The Morgan fingerprint density at radius 3 is 2.22 bits per heavy atom. The Morgan fingerprint density at radius 2 is 1.59 bits per heavy atom. The van der Waals surface area contributed by atoms with Gasteiger partial charge in [0.1, 0.15) is 28.8 Å². The van der Waals surface area contributed by atoms with Crippen LogP contribution in [0.2, 0.25) is 0 Å². The minimum Gasteiger partial charge on any atom is -0.497 e. The zero-order valence-electron chi connectivity index (χ0n) is 18.6. The van der Waals surface area contributed by atoms with Crippen molar-refractivity contribution in [2.24, 2.45) is 0 Å². The van der Waals surface area contributed by atoms with Gasteiger partial charge in [0.05, 0.1) is 31.0 Å². The fraction of sp³-hybridized carbons (Fsp3) is 0.455. The Labute approximate surface area is 189 Å². The monoisotopic (exact) mass is 483 g/mol. The third-order valence-electron chi connectivity index (χ3n) is 5.62. The number of aryl methyl sites for hydroxylation is 2. The molecule has 0 radical (unpaired) electrons. The van der Waals surface area contributed by atoms with Crippen LogP contribution < -0.4 is 19.5 Å². The Morgan fingerprint density at radius 1 is 0.969 bits per heavy atom. The van der Waals surface area contributed by atoms with Gasteiger partial charge in [-0.2, -0.15) is 0 Å². The lowest BCUT2D eigenvalue weighted by Crippen LogP contribution is -2.44. The minimum absolute atomic E-state index is 0.0199. The molecule has 2 atom stereocenters. The second-order valence-corrected chi connectivity index (χ2v) is 12.1. The van der Waals surface area contributed by atoms with Gasteiger partial charge in [-0.05, 0) is 61.4 Å². The van der Waals surface area contributed by atoms with Gasteiger partial charge >= 0.3 is 0 Å². The highest BCUT2D eigenvalue weighted by Crippen LogP contribution is 2.33. The SMILES string of the molecule is COc1ccc(OCCN[C@H]2CS(=O)(=O)C[C@@H]2S(=O)(=O)c2cc(C)c(C)cc2OC)cc1. The molecule has 0 aromatic heterocycles. The van der Waals surface area contributed by atoms with Crippen molar-refractivity contribution in [2.75, 3.05) is 38.9 Å². The zero-order valence-corrected chi connectivity index (χ0v) is 20.3. The van der Waals surface area contributed by atoms with E-state index in [9.17, 15) is 16.8 Å². The van der Waals surface area contributed by atoms with Gasteiger partial charge in [-0.15, -0.1) is 0 Å². The van der Waals surface area contributed by atoms with Crippen molar-refractivity contribution < 1.29 is 31.0 Å². The highest BCUT2D eigenvalue weighted by Gasteiger charge is 2.46. The molecule has 10 heteroatoms. The maximum absolute atomic E-state index is 13.5. The van der Waals surface area contributed by atoms with Crippen LogP contribution in [0.1, 0.15) is 11.1 Å². The first kappa shape index (κ1) is 24.3. The Kier molecular flexibility index (Phi) is 7.36. The van der Waals surface area contributed by atoms with Crippen LogP contribution in [-0.4, -0.2) is 67.0 Å². The maximum atomic E-state index is 13.5. The van der Waals surface area contributed by atoms with Gasteiger partial charge in [0.15, 0.2) is 19.7 Å². The molecule has 1 aliphatic heterocycles. The van der Waals surface area contributed by atoms with Gasteiger partial charge in [0.2, 0.25) is 0 Å². The highest BCUT2D eigenvalue weighted by molar-refractivity contribution is 7.96. The molecule has 0 bridgehead atoms. The van der Waals surface area contributed by atoms with Crippen LogP contribution in [0.4, 0.5) is 0 Å². The van der Waals surface area contributed by atoms with Crippen molar-refractivity contribution in [3.05, 3.63) is 47.5 Å². The van der Waals surface area contributed by atoms with Gasteiger partial charge in [0, 0.05) is 12.6 Å². The average molecular weight is 484 g/mol. The van der Waals surface area contributed by atoms with Crippen LogP contribution in [-0.2, 0) is 19.7 Å². The lowest BCUT2D eigenvalue weighted by atomic mass is 10.1. The number of hydrogen-bond donors (Lipinski definition) is 1. The van der Waals surface area contributed by atoms with Gasteiger partial charge in [-0.3, -0.25) is 0 Å². The standard InChI is InChI=1S/C22H29NO7S2/c1-15-11-20(29-4)21(12-16(15)2)32(26,27)22-14-31(24,25)13-19(22)23-9-10-30-18-7-5-17(28-3)6-8-18/h5-8,11-12,19,22-23H,9-10,13-14H2,1-4H3/t19-,22-/m0/s1. The van der Waals surface area contributed by atoms with E-state index >= 15 is 0 Å². The molecule has 8 nitrogen and oxygen atoms in total. The summed E-state index contributed by atoms with van der Waals surface area (Å²) in [6.07, 6.45) is 0. The Hall–Kier alpha value is -2.30. The molecule has 3 rings (SSSR count). The number of sulfone groups is 2. The summed E-state index contributed by atoms with van der Waals surface area (Å²) in [5.74, 6) is 0.894. The largest absolute Gasteiger partial charge is 0.497 e. The predicted molar refractivity (Wildman–Crippen MR) is 122 cm³/mol. The molecule has 0 amide bonds. The van der Waals surface area contributed by atoms with Crippen LogP contribution in [0.25, 0.3) is 0 Å². The first-order valence-corrected chi connectivity index (χ1v) is 13.5. The maximum Gasteiger partial charge on any atom is 0.187 e. The molecule has 0 aliphatic carbocycles. The van der Waals surface area contributed by atoms with E-state index in [0.29, 0.717) is 18.0 Å². The summed E-state index contributed by atoms with van der Waals surface area (Å²) in [6, 6.07) is 9.54. The molecular formula is C22H29NO7S2. The number of methoxy groups -OCH3 is 2. The summed E-state index contributed by atoms with van der Waals surface area (Å²) in [5.41, 5.74) is 1.69. The van der Waals surface area contributed by atoms with Crippen LogP contribution >= 0.6 is 0 Å². The molecule has 1 aliphatic rings. The molecule has 1 N–H and O–H groups in total. The van der Waals surface area contributed by atoms with Crippen LogP contribution in [0, 0.1) is 13.8 Å². The van der Waals surface area contributed by atoms with Crippen LogP contribution in [0.5, 0.6) is 17.2 Å². The Balaban J connectivity index is 1.74. The second kappa shape index (κ2) is 9.68. The van der Waals surface area contributed by atoms with Crippen molar-refractivity contribution in [2.45, 2.75) is 30.0 Å². The summed E-state index contributed by atoms with van der Waals surface area (Å²) >= 11 is 0. The van der Waals surface area contributed by atoms with E-state index in [4.69, 9.17) is 14.2 Å². The van der Waals surface area contributed by atoms with E-state index in [1.807, 2.05) is 13.8 Å². The second-order valence-electron chi connectivity index (χ2n) is 7.83. The van der Waals surface area contributed by atoms with Gasteiger partial charge in [-0.25, -0.2) is 16.8 Å². The average Bonchev–Trinajstić information content (AvgIpc) is 3.08. The van der Waals surface area contributed by atoms with Gasteiger partial charge < -0.3 is 19.5 Å². The summed E-state index contributed by atoms with van der Waals surface area (Å²) in [4.78, 5) is 0.0199. The van der Waals surface area contributed by atoms with E-state index in [0.717, 1.165) is 11.1 Å². The van der Waals surface area contributed by atoms with Crippen LogP contribution in [0.3, 0.4) is 0 Å². The zero-order chi connectivity index (χ0) is 23.5. The molecule has 2 aromatic carbocycles. The molecule has 1 fully saturated rings. The molecule has 2 aromatic rings. The van der Waals surface area contributed by atoms with E-state index in [-0.39, 0.29) is 23.0 Å². The quantitative estimate of drug-likeness (QED) is 0.539. The first-order valence-electron chi connectivity index (χ1n) is 10.2. The summed E-state index contributed by atoms with van der Waals surface area (Å²) in [5, 5.41) is 1.96. The first-order chi connectivity index (χ1) is 15.1. The molecule has 1 saturated heterocycles. The van der Waals surface area contributed by atoms with Crippen molar-refractivity contribution in [1.29, 1.82) is 0 Å². The predicted octanol–water partition coefficient (Wildman–Crippen LogP) is 1.93. The van der Waals surface area contributed by atoms with Gasteiger partial charge in [-0.1, -0.05) is 0 Å². The number of hydrogen-bond acceptors (Lipinski definition) is 8. The third-order valence-corrected chi connectivity index (χ3v) is 9.79. The molecule has 0 spiro atoms. The molecular weight excluding hydrogens is 454 g/mol. The smallest absolute Gasteiger partial charge is 0.187 e. The van der Waals surface area contributed by atoms with E-state index in [1.54, 1.807) is 43.5 Å². The van der Waals surface area contributed by atoms with E-state index in [2.05, 4.69) is 5.32 Å². The molecule has 0 unspecified atom stereocenters. The number of benzene rings is 2. The van der Waals surface area contributed by atoms with Crippen molar-refractivity contribution in [1.82, 2.24) is 5.32 Å². The molecule has 0 saturated carbocycles. The van der Waals surface area contributed by atoms with Crippen molar-refractivity contribution >= 4 is 19.7 Å². The normalized spacial score (nSPS) is 20.1. The summed E-state index contributed by atoms with van der Waals surface area (Å²) in [7, 11) is -4.49. The van der Waals surface area contributed by atoms with E-state index in [1.165, 1.54) is 7.11 Å². The number of rotatable bonds is 9. The topological polar surface area (TPSA) is 108 Å². The third kappa shape index (κ3) is 5.36. The lowest BCUT2D eigenvalue weighted by Gasteiger charge is -2.22. The fourth-order valence-electron chi connectivity index (χ4n) is 3.70. The van der Waals surface area contributed by atoms with Crippen LogP contribution in [0.15, 0.2) is 41.3 Å². The van der Waals surface area contributed by atoms with Crippen molar-refractivity contribution in [3.8, 4) is 17.2 Å². The lowest BCUT2D eigenvalue weighted by molar-refractivity contribution is 0.306. The molecule has 176 valence electrons. The number of ether oxygens (including phenoxy) is 3. The summed E-state index contributed by atoms with van der Waals surface area (Å²) < 4.78 is 67.7. The molecule has 32 heavy (non-hydrogen) atoms. The van der Waals surface area contributed by atoms with E-state index < -0.39 is 36.7 Å². The minimum atomic E-state index is -3.96. The summed E-state index contributed by atoms with van der Waals surface area (Å²) in [6.45, 7) is 4.22. The molecule has 1 heterocycles.